The summed E-state index contributed by atoms with van der Waals surface area (Å²) in [5.74, 6) is 2.50. The van der Waals surface area contributed by atoms with E-state index >= 15 is 0 Å². The Bertz CT molecular complexity index is 1060. The summed E-state index contributed by atoms with van der Waals surface area (Å²) >= 11 is 0. The Kier molecular flexibility index (Phi) is 8.70. The number of hydrazine groups is 1. The molecule has 9 nitrogen and oxygen atoms in total. The lowest BCUT2D eigenvalue weighted by molar-refractivity contribution is -0.154. The summed E-state index contributed by atoms with van der Waals surface area (Å²) in [6.07, 6.45) is 0. The molecule has 9 heteroatoms. The average Bonchev–Trinajstić information content (AvgIpc) is 2.77. The predicted octanol–water partition coefficient (Wildman–Crippen LogP) is 3.17. The zero-order valence-corrected chi connectivity index (χ0v) is 19.4. The van der Waals surface area contributed by atoms with Crippen molar-refractivity contribution in [2.24, 2.45) is 11.8 Å². The van der Waals surface area contributed by atoms with Crippen LogP contribution in [0, 0.1) is 19.8 Å². The number of Topliss-reactive ketones (excluding diaryl/α,β-unsaturated/α-hetero) is 2. The maximum absolute atomic E-state index is 12.7. The highest BCUT2D eigenvalue weighted by Crippen LogP contribution is 2.26. The van der Waals surface area contributed by atoms with E-state index in [2.05, 4.69) is 10.1 Å². The van der Waals surface area contributed by atoms with Crippen LogP contribution in [0.1, 0.15) is 40.9 Å². The minimum absolute atomic E-state index is 0.0613. The number of aryl methyl sites for hydroxylation is 2. The van der Waals surface area contributed by atoms with E-state index in [1.165, 1.54) is 14.0 Å². The molecule has 0 heterocycles. The molecule has 1 atom stereocenters. The first kappa shape index (κ1) is 25.5. The Morgan fingerprint density at radius 3 is 2.39 bits per heavy atom. The second-order valence-electron chi connectivity index (χ2n) is 7.58. The SMILES string of the molecule is CCOC(=O)C(=O)C(C)C(=O)c1ccc(OCc2c(C)cccc2NC(=O)N(C)N)c(C)c1. The smallest absolute Gasteiger partial charge is 0.375 e. The summed E-state index contributed by atoms with van der Waals surface area (Å²) in [7, 11) is 1.44. The number of hydrogen-bond acceptors (Lipinski definition) is 7. The number of ether oxygens (including phenoxy) is 2. The number of rotatable bonds is 9. The zero-order valence-electron chi connectivity index (χ0n) is 19.4. The van der Waals surface area contributed by atoms with E-state index in [4.69, 9.17) is 10.6 Å². The van der Waals surface area contributed by atoms with Crippen LogP contribution in [-0.2, 0) is 20.9 Å². The summed E-state index contributed by atoms with van der Waals surface area (Å²) in [4.78, 5) is 48.3. The molecule has 0 bridgehead atoms. The van der Waals surface area contributed by atoms with Gasteiger partial charge in [-0.1, -0.05) is 12.1 Å². The Morgan fingerprint density at radius 1 is 1.09 bits per heavy atom. The number of hydrogen-bond donors (Lipinski definition) is 2. The molecule has 176 valence electrons. The molecule has 0 aliphatic carbocycles. The number of nitrogens with zero attached hydrogens (tertiary/aromatic N) is 1. The second kappa shape index (κ2) is 11.2. The van der Waals surface area contributed by atoms with Crippen molar-refractivity contribution >= 4 is 29.3 Å². The van der Waals surface area contributed by atoms with E-state index in [0.29, 0.717) is 22.6 Å². The van der Waals surface area contributed by atoms with Crippen molar-refractivity contribution in [3.8, 4) is 5.75 Å². The molecule has 0 saturated heterocycles. The van der Waals surface area contributed by atoms with Crippen LogP contribution in [0.2, 0.25) is 0 Å². The molecule has 33 heavy (non-hydrogen) atoms. The van der Waals surface area contributed by atoms with Crippen LogP contribution in [0.4, 0.5) is 10.5 Å². The maximum atomic E-state index is 12.7. The first-order chi connectivity index (χ1) is 15.6. The number of esters is 1. The summed E-state index contributed by atoms with van der Waals surface area (Å²) in [5, 5.41) is 3.68. The molecule has 3 N–H and O–H groups in total. The van der Waals surface area contributed by atoms with Gasteiger partial charge in [-0.25, -0.2) is 15.4 Å². The molecule has 2 aromatic carbocycles. The highest BCUT2D eigenvalue weighted by molar-refractivity contribution is 6.39. The first-order valence-corrected chi connectivity index (χ1v) is 10.4. The number of ketones is 2. The summed E-state index contributed by atoms with van der Waals surface area (Å²) in [5.41, 5.74) is 3.24. The van der Waals surface area contributed by atoms with Crippen LogP contribution in [0.25, 0.3) is 0 Å². The molecule has 0 spiro atoms. The Balaban J connectivity index is 2.16. The van der Waals surface area contributed by atoms with Gasteiger partial charge in [0.2, 0.25) is 0 Å². The summed E-state index contributed by atoms with van der Waals surface area (Å²) in [6, 6.07) is 9.79. The Morgan fingerprint density at radius 2 is 1.79 bits per heavy atom. The van der Waals surface area contributed by atoms with Crippen molar-refractivity contribution in [3.63, 3.8) is 0 Å². The van der Waals surface area contributed by atoms with E-state index < -0.39 is 29.5 Å². The van der Waals surface area contributed by atoms with E-state index in [9.17, 15) is 19.2 Å². The van der Waals surface area contributed by atoms with E-state index in [1.807, 2.05) is 19.1 Å². The zero-order chi connectivity index (χ0) is 24.7. The fourth-order valence-electron chi connectivity index (χ4n) is 3.08. The molecule has 0 radical (unpaired) electrons. The highest BCUT2D eigenvalue weighted by Gasteiger charge is 2.29. The maximum Gasteiger partial charge on any atom is 0.375 e. The number of urea groups is 1. The lowest BCUT2D eigenvalue weighted by Gasteiger charge is -2.18. The topological polar surface area (TPSA) is 128 Å². The van der Waals surface area contributed by atoms with Crippen molar-refractivity contribution < 1.29 is 28.7 Å². The van der Waals surface area contributed by atoms with Crippen molar-refractivity contribution in [2.45, 2.75) is 34.3 Å². The molecule has 0 fully saturated rings. The number of benzene rings is 2. The molecule has 2 aromatic rings. The third-order valence-electron chi connectivity index (χ3n) is 5.07. The van der Waals surface area contributed by atoms with Crippen LogP contribution in [0.3, 0.4) is 0 Å². The Labute approximate surface area is 192 Å². The highest BCUT2D eigenvalue weighted by atomic mass is 16.5. The van der Waals surface area contributed by atoms with Gasteiger partial charge in [0.1, 0.15) is 12.4 Å². The van der Waals surface area contributed by atoms with Crippen molar-refractivity contribution in [1.29, 1.82) is 0 Å². The molecule has 2 amide bonds. The van der Waals surface area contributed by atoms with Crippen LogP contribution in [0.5, 0.6) is 5.75 Å². The second-order valence-corrected chi connectivity index (χ2v) is 7.58. The number of nitrogens with one attached hydrogen (secondary N) is 1. The normalized spacial score (nSPS) is 11.3. The summed E-state index contributed by atoms with van der Waals surface area (Å²) < 4.78 is 10.6. The van der Waals surface area contributed by atoms with Gasteiger partial charge in [-0.05, 0) is 63.1 Å². The molecule has 0 aromatic heterocycles. The van der Waals surface area contributed by atoms with Gasteiger partial charge in [-0.3, -0.25) is 14.6 Å². The van der Waals surface area contributed by atoms with Gasteiger partial charge in [-0.2, -0.15) is 0 Å². The van der Waals surface area contributed by atoms with Gasteiger partial charge in [0.15, 0.2) is 5.78 Å². The largest absolute Gasteiger partial charge is 0.489 e. The lowest BCUT2D eigenvalue weighted by atomic mass is 9.94. The van der Waals surface area contributed by atoms with E-state index in [1.54, 1.807) is 38.1 Å². The van der Waals surface area contributed by atoms with Gasteiger partial charge >= 0.3 is 12.0 Å². The number of carbonyl (C=O) groups excluding carboxylic acids is 4. The van der Waals surface area contributed by atoms with E-state index in [0.717, 1.165) is 16.1 Å². The van der Waals surface area contributed by atoms with Crippen molar-refractivity contribution in [1.82, 2.24) is 5.01 Å². The number of anilines is 1. The van der Waals surface area contributed by atoms with Gasteiger partial charge in [0, 0.05) is 23.9 Å². The molecule has 1 unspecified atom stereocenters. The quantitative estimate of drug-likeness (QED) is 0.113. The van der Waals surface area contributed by atoms with Gasteiger partial charge < -0.3 is 14.8 Å². The summed E-state index contributed by atoms with van der Waals surface area (Å²) in [6.45, 7) is 6.87. The third kappa shape index (κ3) is 6.39. The molecular weight excluding hydrogens is 426 g/mol. The van der Waals surface area contributed by atoms with E-state index in [-0.39, 0.29) is 13.2 Å². The lowest BCUT2D eigenvalue weighted by Crippen LogP contribution is -2.37. The fraction of sp³-hybridized carbons (Fsp3) is 0.333. The van der Waals surface area contributed by atoms with Gasteiger partial charge in [0.25, 0.3) is 5.78 Å². The van der Waals surface area contributed by atoms with Gasteiger partial charge in [-0.15, -0.1) is 0 Å². The fourth-order valence-corrected chi connectivity index (χ4v) is 3.08. The predicted molar refractivity (Wildman–Crippen MR) is 123 cm³/mol. The molecule has 0 saturated carbocycles. The number of carbonyl (C=O) groups is 4. The molecule has 0 aliphatic heterocycles. The Hall–Kier alpha value is -3.72. The molecular formula is C24H29N3O6. The third-order valence-corrected chi connectivity index (χ3v) is 5.07. The van der Waals surface area contributed by atoms with Crippen LogP contribution in [0.15, 0.2) is 36.4 Å². The monoisotopic (exact) mass is 455 g/mol. The number of amides is 2. The standard InChI is InChI=1S/C24H29N3O6/c1-6-32-23(30)22(29)16(4)21(28)17-10-11-20(15(3)12-17)33-13-18-14(2)8-7-9-19(18)26-24(31)27(5)25/h7-12,16H,6,13,25H2,1-5H3,(H,26,31). The van der Waals surface area contributed by atoms with Crippen molar-refractivity contribution in [3.05, 3.63) is 58.7 Å². The van der Waals surface area contributed by atoms with Crippen LogP contribution >= 0.6 is 0 Å². The minimum atomic E-state index is -1.14. The molecule has 2 rings (SSSR count). The number of nitrogens with two attached hydrogens (primary N) is 1. The van der Waals surface area contributed by atoms with Gasteiger partial charge in [0.05, 0.1) is 12.5 Å². The molecule has 0 aliphatic rings. The average molecular weight is 456 g/mol. The van der Waals surface area contributed by atoms with Crippen LogP contribution < -0.4 is 15.9 Å². The van der Waals surface area contributed by atoms with Crippen molar-refractivity contribution in [2.75, 3.05) is 19.0 Å². The minimum Gasteiger partial charge on any atom is -0.489 e. The van der Waals surface area contributed by atoms with Crippen LogP contribution in [-0.4, -0.2) is 42.2 Å². The first-order valence-electron chi connectivity index (χ1n) is 10.4.